The summed E-state index contributed by atoms with van der Waals surface area (Å²) in [7, 11) is 0. The molecule has 24 heavy (non-hydrogen) atoms. The highest BCUT2D eigenvalue weighted by atomic mass is 16.5. The van der Waals surface area contributed by atoms with E-state index in [0.29, 0.717) is 6.61 Å². The lowest BCUT2D eigenvalue weighted by Crippen LogP contribution is -2.33. The third kappa shape index (κ3) is 5.08. The van der Waals surface area contributed by atoms with Gasteiger partial charge in [-0.25, -0.2) is 0 Å². The minimum absolute atomic E-state index is 0.618. The maximum absolute atomic E-state index is 6.07. The Morgan fingerprint density at radius 3 is 2.75 bits per heavy atom. The first-order valence-corrected chi connectivity index (χ1v) is 8.99. The molecule has 0 atom stereocenters. The molecule has 3 rings (SSSR count). The Balaban J connectivity index is 1.52. The lowest BCUT2D eigenvalue weighted by Gasteiger charge is -2.23. The summed E-state index contributed by atoms with van der Waals surface area (Å²) in [5, 5.41) is 7.03. The van der Waals surface area contributed by atoms with Crippen LogP contribution in [0.15, 0.2) is 48.5 Å². The molecule has 0 radical (unpaired) electrons. The van der Waals surface area contributed by atoms with Crippen molar-refractivity contribution >= 4 is 0 Å². The predicted molar refractivity (Wildman–Crippen MR) is 99.3 cm³/mol. The topological polar surface area (TPSA) is 33.3 Å². The van der Waals surface area contributed by atoms with Crippen molar-refractivity contribution in [1.82, 2.24) is 10.6 Å². The second kappa shape index (κ2) is 8.86. The molecule has 0 bridgehead atoms. The van der Waals surface area contributed by atoms with Crippen LogP contribution in [0.2, 0.25) is 0 Å². The van der Waals surface area contributed by atoms with Crippen LogP contribution in [-0.2, 0) is 13.2 Å². The van der Waals surface area contributed by atoms with Gasteiger partial charge in [0.05, 0.1) is 0 Å². The summed E-state index contributed by atoms with van der Waals surface area (Å²) >= 11 is 0. The summed E-state index contributed by atoms with van der Waals surface area (Å²) in [6.07, 6.45) is 2.55. The summed E-state index contributed by atoms with van der Waals surface area (Å²) in [4.78, 5) is 0. The van der Waals surface area contributed by atoms with Gasteiger partial charge in [0, 0.05) is 12.1 Å². The molecule has 1 fully saturated rings. The molecule has 2 N–H and O–H groups in total. The van der Waals surface area contributed by atoms with Gasteiger partial charge >= 0.3 is 0 Å². The standard InChI is InChI=1S/C21H28N2O/c1-17-5-4-6-19(13-17)16-24-21-8-3-2-7-20(21)15-23-14-18-9-11-22-12-10-18/h2-8,13,18,22-23H,9-12,14-16H2,1H3. The van der Waals surface area contributed by atoms with Crippen LogP contribution in [0.1, 0.15) is 29.5 Å². The molecule has 0 saturated carbocycles. The third-order valence-corrected chi connectivity index (χ3v) is 4.66. The highest BCUT2D eigenvalue weighted by Crippen LogP contribution is 2.20. The summed E-state index contributed by atoms with van der Waals surface area (Å²) in [6, 6.07) is 16.8. The zero-order valence-corrected chi connectivity index (χ0v) is 14.6. The number of piperidine rings is 1. The maximum Gasteiger partial charge on any atom is 0.124 e. The fourth-order valence-corrected chi connectivity index (χ4v) is 3.25. The Morgan fingerprint density at radius 2 is 1.92 bits per heavy atom. The van der Waals surface area contributed by atoms with Crippen LogP contribution in [0.25, 0.3) is 0 Å². The van der Waals surface area contributed by atoms with Crippen LogP contribution in [0, 0.1) is 12.8 Å². The molecular weight excluding hydrogens is 296 g/mol. The normalized spacial score (nSPS) is 15.4. The number of para-hydroxylation sites is 1. The molecule has 0 amide bonds. The minimum atomic E-state index is 0.618. The van der Waals surface area contributed by atoms with E-state index in [4.69, 9.17) is 4.74 Å². The zero-order chi connectivity index (χ0) is 16.6. The quantitative estimate of drug-likeness (QED) is 0.815. The maximum atomic E-state index is 6.07. The van der Waals surface area contributed by atoms with Gasteiger partial charge in [-0.05, 0) is 56.9 Å². The molecule has 1 aliphatic rings. The van der Waals surface area contributed by atoms with E-state index >= 15 is 0 Å². The Kier molecular flexibility index (Phi) is 6.27. The zero-order valence-electron chi connectivity index (χ0n) is 14.6. The Morgan fingerprint density at radius 1 is 1.08 bits per heavy atom. The summed E-state index contributed by atoms with van der Waals surface area (Å²) in [5.41, 5.74) is 3.72. The van der Waals surface area contributed by atoms with Crippen molar-refractivity contribution in [1.29, 1.82) is 0 Å². The van der Waals surface area contributed by atoms with E-state index in [1.165, 1.54) is 29.5 Å². The molecule has 3 heteroatoms. The van der Waals surface area contributed by atoms with E-state index in [2.05, 4.69) is 60.0 Å². The van der Waals surface area contributed by atoms with Crippen LogP contribution in [-0.4, -0.2) is 19.6 Å². The third-order valence-electron chi connectivity index (χ3n) is 4.66. The molecular formula is C21H28N2O. The van der Waals surface area contributed by atoms with E-state index in [1.807, 2.05) is 6.07 Å². The van der Waals surface area contributed by atoms with Gasteiger partial charge < -0.3 is 15.4 Å². The average Bonchev–Trinajstić information content (AvgIpc) is 2.62. The molecule has 2 aromatic rings. The predicted octanol–water partition coefficient (Wildman–Crippen LogP) is 3.66. The SMILES string of the molecule is Cc1cccc(COc2ccccc2CNCC2CCNCC2)c1. The van der Waals surface area contributed by atoms with E-state index in [1.54, 1.807) is 0 Å². The van der Waals surface area contributed by atoms with Gasteiger partial charge in [-0.15, -0.1) is 0 Å². The first-order chi connectivity index (χ1) is 11.8. The Bertz CT molecular complexity index is 635. The van der Waals surface area contributed by atoms with Crippen LogP contribution < -0.4 is 15.4 Å². The molecule has 1 heterocycles. The number of hydrogen-bond donors (Lipinski definition) is 2. The van der Waals surface area contributed by atoms with Gasteiger partial charge in [-0.1, -0.05) is 48.0 Å². The molecule has 0 unspecified atom stereocenters. The van der Waals surface area contributed by atoms with Gasteiger partial charge in [0.25, 0.3) is 0 Å². The largest absolute Gasteiger partial charge is 0.489 e. The first kappa shape index (κ1) is 17.0. The van der Waals surface area contributed by atoms with Crippen LogP contribution >= 0.6 is 0 Å². The smallest absolute Gasteiger partial charge is 0.124 e. The lowest BCUT2D eigenvalue weighted by atomic mass is 9.98. The summed E-state index contributed by atoms with van der Waals surface area (Å²) in [6.45, 7) is 7.00. The van der Waals surface area contributed by atoms with Crippen molar-refractivity contribution in [2.75, 3.05) is 19.6 Å². The lowest BCUT2D eigenvalue weighted by molar-refractivity contribution is 0.300. The van der Waals surface area contributed by atoms with E-state index in [0.717, 1.165) is 37.8 Å². The number of aryl methyl sites for hydroxylation is 1. The van der Waals surface area contributed by atoms with Gasteiger partial charge in [0.1, 0.15) is 12.4 Å². The molecule has 0 aliphatic carbocycles. The minimum Gasteiger partial charge on any atom is -0.489 e. The van der Waals surface area contributed by atoms with Crippen molar-refractivity contribution in [2.45, 2.75) is 32.9 Å². The monoisotopic (exact) mass is 324 g/mol. The number of ether oxygens (including phenoxy) is 1. The molecule has 2 aromatic carbocycles. The van der Waals surface area contributed by atoms with Crippen molar-refractivity contribution < 1.29 is 4.74 Å². The molecule has 1 saturated heterocycles. The van der Waals surface area contributed by atoms with E-state index in [9.17, 15) is 0 Å². The van der Waals surface area contributed by atoms with Gasteiger partial charge in [-0.2, -0.15) is 0 Å². The fourth-order valence-electron chi connectivity index (χ4n) is 3.25. The van der Waals surface area contributed by atoms with Crippen molar-refractivity contribution in [3.63, 3.8) is 0 Å². The highest BCUT2D eigenvalue weighted by molar-refractivity contribution is 5.33. The number of benzene rings is 2. The van der Waals surface area contributed by atoms with E-state index in [-0.39, 0.29) is 0 Å². The summed E-state index contributed by atoms with van der Waals surface area (Å²) in [5.74, 6) is 1.78. The Labute approximate surface area is 145 Å². The van der Waals surface area contributed by atoms with Crippen molar-refractivity contribution in [3.8, 4) is 5.75 Å². The van der Waals surface area contributed by atoms with Crippen LogP contribution in [0.5, 0.6) is 5.75 Å². The second-order valence-corrected chi connectivity index (χ2v) is 6.71. The Hall–Kier alpha value is -1.84. The van der Waals surface area contributed by atoms with Gasteiger partial charge in [-0.3, -0.25) is 0 Å². The van der Waals surface area contributed by atoms with Gasteiger partial charge in [0.2, 0.25) is 0 Å². The summed E-state index contributed by atoms with van der Waals surface area (Å²) < 4.78 is 6.07. The molecule has 128 valence electrons. The fraction of sp³-hybridized carbons (Fsp3) is 0.429. The van der Waals surface area contributed by atoms with Crippen molar-refractivity contribution in [3.05, 3.63) is 65.2 Å². The average molecular weight is 324 g/mol. The molecule has 0 aromatic heterocycles. The molecule has 3 nitrogen and oxygen atoms in total. The highest BCUT2D eigenvalue weighted by Gasteiger charge is 2.12. The van der Waals surface area contributed by atoms with Crippen LogP contribution in [0.3, 0.4) is 0 Å². The van der Waals surface area contributed by atoms with Crippen LogP contribution in [0.4, 0.5) is 0 Å². The number of hydrogen-bond acceptors (Lipinski definition) is 3. The number of nitrogens with one attached hydrogen (secondary N) is 2. The molecule has 1 aliphatic heterocycles. The van der Waals surface area contributed by atoms with Gasteiger partial charge in [0.15, 0.2) is 0 Å². The van der Waals surface area contributed by atoms with E-state index < -0.39 is 0 Å². The number of rotatable bonds is 7. The molecule has 0 spiro atoms. The first-order valence-electron chi connectivity index (χ1n) is 8.99. The van der Waals surface area contributed by atoms with Crippen molar-refractivity contribution in [2.24, 2.45) is 5.92 Å². The second-order valence-electron chi connectivity index (χ2n) is 6.71.